The van der Waals surface area contributed by atoms with Gasteiger partial charge in [-0.05, 0) is 32.9 Å². The van der Waals surface area contributed by atoms with E-state index in [1.54, 1.807) is 0 Å². The van der Waals surface area contributed by atoms with Crippen LogP contribution in [0.4, 0.5) is 0 Å². The van der Waals surface area contributed by atoms with Gasteiger partial charge in [0.05, 0.1) is 13.0 Å². The van der Waals surface area contributed by atoms with E-state index in [1.807, 2.05) is 19.9 Å². The van der Waals surface area contributed by atoms with Gasteiger partial charge in [0.25, 0.3) is 0 Å². The molecule has 0 aromatic rings. The molecule has 4 heteroatoms. The van der Waals surface area contributed by atoms with Crippen LogP contribution in [0.3, 0.4) is 0 Å². The van der Waals surface area contributed by atoms with Crippen LogP contribution in [0, 0.1) is 5.92 Å². The van der Waals surface area contributed by atoms with Crippen LogP contribution < -0.4 is 11.1 Å². The molecule has 0 aromatic heterocycles. The molecule has 0 heterocycles. The first-order valence-electron chi connectivity index (χ1n) is 5.79. The van der Waals surface area contributed by atoms with E-state index in [1.165, 1.54) is 7.11 Å². The topological polar surface area (TPSA) is 64.3 Å². The monoisotopic (exact) mass is 228 g/mol. The molecule has 3 N–H and O–H groups in total. The Morgan fingerprint density at radius 1 is 1.56 bits per heavy atom. The predicted octanol–water partition coefficient (Wildman–Crippen LogP) is 1.07. The van der Waals surface area contributed by atoms with Crippen LogP contribution in [-0.2, 0) is 9.53 Å². The summed E-state index contributed by atoms with van der Waals surface area (Å²) in [6, 6.07) is 0.121. The van der Waals surface area contributed by atoms with E-state index in [9.17, 15) is 4.79 Å². The lowest BCUT2D eigenvalue weighted by atomic mass is 9.98. The summed E-state index contributed by atoms with van der Waals surface area (Å²) in [6.07, 6.45) is 5.79. The summed E-state index contributed by atoms with van der Waals surface area (Å²) in [5.41, 5.74) is 5.43. The summed E-state index contributed by atoms with van der Waals surface area (Å²) in [6.45, 7) is 5.35. The van der Waals surface area contributed by atoms with Crippen LogP contribution in [0.25, 0.3) is 0 Å². The highest BCUT2D eigenvalue weighted by molar-refractivity contribution is 5.72. The number of hydrogen-bond acceptors (Lipinski definition) is 4. The fourth-order valence-electron chi connectivity index (χ4n) is 1.49. The van der Waals surface area contributed by atoms with Crippen molar-refractivity contribution >= 4 is 5.97 Å². The molecule has 0 amide bonds. The van der Waals surface area contributed by atoms with E-state index in [0.717, 1.165) is 19.4 Å². The van der Waals surface area contributed by atoms with Gasteiger partial charge in [0.2, 0.25) is 0 Å². The second-order valence-corrected chi connectivity index (χ2v) is 3.82. The summed E-state index contributed by atoms with van der Waals surface area (Å²) in [4.78, 5) is 11.4. The largest absolute Gasteiger partial charge is 0.469 e. The first-order chi connectivity index (χ1) is 7.67. The van der Waals surface area contributed by atoms with Crippen molar-refractivity contribution in [1.29, 1.82) is 0 Å². The molecule has 0 aliphatic carbocycles. The van der Waals surface area contributed by atoms with Gasteiger partial charge in [-0.25, -0.2) is 0 Å². The number of rotatable bonds is 8. The second-order valence-electron chi connectivity index (χ2n) is 3.82. The van der Waals surface area contributed by atoms with E-state index in [2.05, 4.69) is 11.4 Å². The molecule has 94 valence electrons. The van der Waals surface area contributed by atoms with Crippen molar-refractivity contribution in [2.24, 2.45) is 11.7 Å². The summed E-state index contributed by atoms with van der Waals surface area (Å²) in [5.74, 6) is -0.311. The SMILES string of the molecule is C/C=C/CC(NCCCN)C(C)C(=O)OC. The van der Waals surface area contributed by atoms with Gasteiger partial charge in [-0.15, -0.1) is 0 Å². The molecule has 0 aliphatic rings. The molecule has 0 radical (unpaired) electrons. The number of allylic oxidation sites excluding steroid dienone is 1. The standard InChI is InChI=1S/C12H24N2O2/c1-4-5-7-11(14-9-6-8-13)10(2)12(15)16-3/h4-5,10-11,14H,6-9,13H2,1-3H3/b5-4+. The van der Waals surface area contributed by atoms with Crippen LogP contribution in [0.1, 0.15) is 26.7 Å². The van der Waals surface area contributed by atoms with Gasteiger partial charge < -0.3 is 15.8 Å². The van der Waals surface area contributed by atoms with E-state index >= 15 is 0 Å². The van der Waals surface area contributed by atoms with Crippen LogP contribution in [0.5, 0.6) is 0 Å². The number of nitrogens with one attached hydrogen (secondary N) is 1. The molecule has 2 atom stereocenters. The Kier molecular flexibility index (Phi) is 8.85. The molecule has 0 spiro atoms. The summed E-state index contributed by atoms with van der Waals surface area (Å²) >= 11 is 0. The van der Waals surface area contributed by atoms with E-state index < -0.39 is 0 Å². The Hall–Kier alpha value is -0.870. The molecule has 16 heavy (non-hydrogen) atoms. The minimum Gasteiger partial charge on any atom is -0.469 e. The zero-order chi connectivity index (χ0) is 12.4. The number of hydrogen-bond donors (Lipinski definition) is 2. The highest BCUT2D eigenvalue weighted by atomic mass is 16.5. The zero-order valence-electron chi connectivity index (χ0n) is 10.5. The van der Waals surface area contributed by atoms with Gasteiger partial charge >= 0.3 is 5.97 Å². The molecule has 4 nitrogen and oxygen atoms in total. The smallest absolute Gasteiger partial charge is 0.309 e. The number of carbonyl (C=O) groups excluding carboxylic acids is 1. The molecule has 0 saturated carbocycles. The van der Waals surface area contributed by atoms with Crippen molar-refractivity contribution < 1.29 is 9.53 Å². The Balaban J connectivity index is 4.22. The lowest BCUT2D eigenvalue weighted by Gasteiger charge is -2.22. The molecule has 0 saturated heterocycles. The van der Waals surface area contributed by atoms with E-state index in [-0.39, 0.29) is 17.9 Å². The maximum atomic E-state index is 11.4. The average molecular weight is 228 g/mol. The second kappa shape index (κ2) is 9.36. The van der Waals surface area contributed by atoms with Gasteiger partial charge in [-0.1, -0.05) is 19.1 Å². The van der Waals surface area contributed by atoms with Gasteiger partial charge in [0, 0.05) is 6.04 Å². The maximum Gasteiger partial charge on any atom is 0.309 e. The fraction of sp³-hybridized carbons (Fsp3) is 0.750. The van der Waals surface area contributed by atoms with Gasteiger partial charge in [-0.2, -0.15) is 0 Å². The fourth-order valence-corrected chi connectivity index (χ4v) is 1.49. The maximum absolute atomic E-state index is 11.4. The minimum atomic E-state index is -0.172. The summed E-state index contributed by atoms with van der Waals surface area (Å²) in [5, 5.41) is 3.34. The molecule has 0 fully saturated rings. The molecule has 0 aromatic carbocycles. The lowest BCUT2D eigenvalue weighted by Crippen LogP contribution is -2.39. The molecular formula is C12H24N2O2. The predicted molar refractivity (Wildman–Crippen MR) is 66.1 cm³/mol. The average Bonchev–Trinajstić information content (AvgIpc) is 2.31. The molecular weight excluding hydrogens is 204 g/mol. The molecule has 0 rings (SSSR count). The third kappa shape index (κ3) is 5.88. The van der Waals surface area contributed by atoms with E-state index in [4.69, 9.17) is 10.5 Å². The summed E-state index contributed by atoms with van der Waals surface area (Å²) in [7, 11) is 1.42. The van der Waals surface area contributed by atoms with Crippen molar-refractivity contribution in [2.45, 2.75) is 32.7 Å². The van der Waals surface area contributed by atoms with Crippen LogP contribution in [0.2, 0.25) is 0 Å². The third-order valence-corrected chi connectivity index (χ3v) is 2.59. The van der Waals surface area contributed by atoms with Crippen LogP contribution in [-0.4, -0.2) is 32.2 Å². The number of esters is 1. The lowest BCUT2D eigenvalue weighted by molar-refractivity contribution is -0.145. The van der Waals surface area contributed by atoms with Crippen LogP contribution in [0.15, 0.2) is 12.2 Å². The number of nitrogens with two attached hydrogens (primary N) is 1. The van der Waals surface area contributed by atoms with Crippen molar-refractivity contribution in [3.63, 3.8) is 0 Å². The van der Waals surface area contributed by atoms with Crippen molar-refractivity contribution in [3.8, 4) is 0 Å². The van der Waals surface area contributed by atoms with Crippen LogP contribution >= 0.6 is 0 Å². The Labute approximate surface area is 98.2 Å². The van der Waals surface area contributed by atoms with Gasteiger partial charge in [0.1, 0.15) is 0 Å². The Morgan fingerprint density at radius 3 is 2.75 bits per heavy atom. The van der Waals surface area contributed by atoms with Crippen molar-refractivity contribution in [2.75, 3.05) is 20.2 Å². The minimum absolute atomic E-state index is 0.121. The molecule has 0 bridgehead atoms. The zero-order valence-corrected chi connectivity index (χ0v) is 10.5. The number of methoxy groups -OCH3 is 1. The van der Waals surface area contributed by atoms with Gasteiger partial charge in [-0.3, -0.25) is 4.79 Å². The third-order valence-electron chi connectivity index (χ3n) is 2.59. The van der Waals surface area contributed by atoms with Crippen molar-refractivity contribution in [3.05, 3.63) is 12.2 Å². The quantitative estimate of drug-likeness (QED) is 0.370. The molecule has 2 unspecified atom stereocenters. The number of carbonyl (C=O) groups is 1. The van der Waals surface area contributed by atoms with Gasteiger partial charge in [0.15, 0.2) is 0 Å². The van der Waals surface area contributed by atoms with Crippen molar-refractivity contribution in [1.82, 2.24) is 5.32 Å². The first-order valence-corrected chi connectivity index (χ1v) is 5.79. The van der Waals surface area contributed by atoms with E-state index in [0.29, 0.717) is 6.54 Å². The Bertz CT molecular complexity index is 217. The molecule has 0 aliphatic heterocycles. The highest BCUT2D eigenvalue weighted by Crippen LogP contribution is 2.10. The first kappa shape index (κ1) is 15.1. The summed E-state index contributed by atoms with van der Waals surface area (Å²) < 4.78 is 4.75. The number of ether oxygens (including phenoxy) is 1. The Morgan fingerprint density at radius 2 is 2.25 bits per heavy atom. The normalized spacial score (nSPS) is 15.0. The highest BCUT2D eigenvalue weighted by Gasteiger charge is 2.22.